The van der Waals surface area contributed by atoms with Gasteiger partial charge in [-0.25, -0.2) is 0 Å². The van der Waals surface area contributed by atoms with E-state index in [1.165, 1.54) is 5.56 Å². The van der Waals surface area contributed by atoms with E-state index in [2.05, 4.69) is 28.4 Å². The number of carbonyl (C=O) groups is 1. The van der Waals surface area contributed by atoms with Gasteiger partial charge in [-0.3, -0.25) is 4.79 Å². The number of hydrogen-bond acceptors (Lipinski definition) is 7. The number of hydrogen-bond donors (Lipinski definition) is 2. The zero-order valence-electron chi connectivity index (χ0n) is 18.5. The molecule has 170 valence electrons. The van der Waals surface area contributed by atoms with Gasteiger partial charge in [0.1, 0.15) is 16.7 Å². The lowest BCUT2D eigenvalue weighted by Gasteiger charge is -2.37. The average molecular weight is 455 g/mol. The molecule has 4 unspecified atom stereocenters. The third-order valence-corrected chi connectivity index (χ3v) is 8.44. The smallest absolute Gasteiger partial charge is 0.237 e. The second-order valence-corrected chi connectivity index (χ2v) is 9.89. The number of amides is 1. The minimum Gasteiger partial charge on any atom is -0.497 e. The number of fused-ring (bicyclic) bond motifs is 2. The van der Waals surface area contributed by atoms with Crippen LogP contribution >= 0.6 is 11.8 Å². The minimum absolute atomic E-state index is 0.152. The van der Waals surface area contributed by atoms with Crippen LogP contribution in [0.5, 0.6) is 11.5 Å². The molecule has 4 atom stereocenters. The Morgan fingerprint density at radius 1 is 1.03 bits per heavy atom. The predicted octanol–water partition coefficient (Wildman–Crippen LogP) is 2.41. The molecule has 0 aromatic heterocycles. The van der Waals surface area contributed by atoms with Crippen LogP contribution in [0, 0.1) is 5.92 Å². The number of piperazine rings is 1. The van der Waals surface area contributed by atoms with Crippen molar-refractivity contribution in [1.29, 1.82) is 0 Å². The maximum absolute atomic E-state index is 13.4. The molecule has 0 bridgehead atoms. The minimum atomic E-state index is -0.207. The molecule has 3 N–H and O–H groups in total. The first-order chi connectivity index (χ1) is 15.6. The fourth-order valence-electron chi connectivity index (χ4n) is 4.94. The summed E-state index contributed by atoms with van der Waals surface area (Å²) in [6.07, 6.45) is 0.889. The Morgan fingerprint density at radius 2 is 1.72 bits per heavy atom. The summed E-state index contributed by atoms with van der Waals surface area (Å²) >= 11 is 1.69. The second kappa shape index (κ2) is 8.75. The molecule has 5 rings (SSSR count). The molecule has 7 nitrogen and oxygen atoms in total. The number of ether oxygens (including phenoxy) is 2. The summed E-state index contributed by atoms with van der Waals surface area (Å²) in [6, 6.07) is 14.1. The van der Waals surface area contributed by atoms with Crippen molar-refractivity contribution in [3.63, 3.8) is 0 Å². The van der Waals surface area contributed by atoms with Crippen molar-refractivity contribution in [2.24, 2.45) is 11.7 Å². The first kappa shape index (κ1) is 21.3. The molecule has 2 fully saturated rings. The van der Waals surface area contributed by atoms with E-state index in [0.717, 1.165) is 55.5 Å². The predicted molar refractivity (Wildman–Crippen MR) is 129 cm³/mol. The molecule has 32 heavy (non-hydrogen) atoms. The largest absolute Gasteiger partial charge is 0.497 e. The zero-order valence-corrected chi connectivity index (χ0v) is 19.3. The topological polar surface area (TPSA) is 80.1 Å². The van der Waals surface area contributed by atoms with E-state index in [0.29, 0.717) is 0 Å². The maximum atomic E-state index is 13.4. The van der Waals surface area contributed by atoms with Gasteiger partial charge in [0, 0.05) is 55.6 Å². The molecule has 3 aliphatic rings. The highest BCUT2D eigenvalue weighted by molar-refractivity contribution is 8.01. The molecule has 2 aromatic carbocycles. The number of rotatable bonds is 4. The highest BCUT2D eigenvalue weighted by atomic mass is 32.2. The standard InChI is InChI=1S/C24H30N4O3S/c1-30-17-7-4-16(5-8-17)27-9-11-28(12-10-27)24(29)22-21(25)19-13-15-3-6-18(31-2)14-20(15)26-23(19)32-22/h3-8,14,19,21-23,26H,9-13,25H2,1-2H3. The van der Waals surface area contributed by atoms with Crippen molar-refractivity contribution in [2.45, 2.75) is 23.1 Å². The van der Waals surface area contributed by atoms with Crippen LogP contribution in [0.1, 0.15) is 5.56 Å². The molecular weight excluding hydrogens is 424 g/mol. The van der Waals surface area contributed by atoms with Crippen molar-refractivity contribution < 1.29 is 14.3 Å². The van der Waals surface area contributed by atoms with Gasteiger partial charge in [0.25, 0.3) is 0 Å². The number of benzene rings is 2. The quantitative estimate of drug-likeness (QED) is 0.734. The lowest BCUT2D eigenvalue weighted by Crippen LogP contribution is -2.54. The third kappa shape index (κ3) is 3.86. The van der Waals surface area contributed by atoms with Crippen LogP contribution in [0.3, 0.4) is 0 Å². The van der Waals surface area contributed by atoms with Crippen molar-refractivity contribution in [3.8, 4) is 11.5 Å². The van der Waals surface area contributed by atoms with E-state index in [-0.39, 0.29) is 28.5 Å². The molecule has 2 saturated heterocycles. The number of thioether (sulfide) groups is 1. The molecule has 0 aliphatic carbocycles. The van der Waals surface area contributed by atoms with Crippen LogP contribution in [-0.4, -0.2) is 67.9 Å². The molecule has 2 aromatic rings. The second-order valence-electron chi connectivity index (χ2n) is 8.60. The van der Waals surface area contributed by atoms with Crippen LogP contribution in [0.25, 0.3) is 0 Å². The summed E-state index contributed by atoms with van der Waals surface area (Å²) in [7, 11) is 3.35. The fraction of sp³-hybridized carbons (Fsp3) is 0.458. The third-order valence-electron chi connectivity index (χ3n) is 6.87. The molecule has 8 heteroatoms. The van der Waals surface area contributed by atoms with E-state index in [4.69, 9.17) is 15.2 Å². The fourth-order valence-corrected chi connectivity index (χ4v) is 6.58. The van der Waals surface area contributed by atoms with E-state index < -0.39 is 0 Å². The summed E-state index contributed by atoms with van der Waals surface area (Å²) in [4.78, 5) is 17.7. The summed E-state index contributed by atoms with van der Waals surface area (Å²) < 4.78 is 10.6. The lowest BCUT2D eigenvalue weighted by molar-refractivity contribution is -0.131. The Morgan fingerprint density at radius 3 is 2.41 bits per heavy atom. The van der Waals surface area contributed by atoms with E-state index in [1.807, 2.05) is 29.2 Å². The molecule has 3 aliphatic heterocycles. The van der Waals surface area contributed by atoms with E-state index in [1.54, 1.807) is 26.0 Å². The maximum Gasteiger partial charge on any atom is 0.237 e. The Bertz CT molecular complexity index is 978. The number of nitrogens with one attached hydrogen (secondary N) is 1. The molecule has 0 saturated carbocycles. The summed E-state index contributed by atoms with van der Waals surface area (Å²) in [5.41, 5.74) is 10.1. The number of anilines is 2. The number of nitrogens with zero attached hydrogens (tertiary/aromatic N) is 2. The number of carbonyl (C=O) groups excluding carboxylic acids is 1. The van der Waals surface area contributed by atoms with Crippen molar-refractivity contribution in [2.75, 3.05) is 50.6 Å². The van der Waals surface area contributed by atoms with E-state index in [9.17, 15) is 4.79 Å². The van der Waals surface area contributed by atoms with Gasteiger partial charge in [-0.05, 0) is 42.3 Å². The van der Waals surface area contributed by atoms with Crippen molar-refractivity contribution in [1.82, 2.24) is 4.90 Å². The average Bonchev–Trinajstić information content (AvgIpc) is 3.17. The molecule has 0 radical (unpaired) electrons. The first-order valence-electron chi connectivity index (χ1n) is 11.1. The van der Waals surface area contributed by atoms with Crippen LogP contribution in [0.2, 0.25) is 0 Å². The van der Waals surface area contributed by atoms with Gasteiger partial charge in [-0.15, -0.1) is 11.8 Å². The monoisotopic (exact) mass is 454 g/mol. The van der Waals surface area contributed by atoms with Gasteiger partial charge in [0.2, 0.25) is 5.91 Å². The number of nitrogens with two attached hydrogens (primary N) is 1. The Kier molecular flexibility index (Phi) is 5.82. The molecular formula is C24H30N4O3S. The van der Waals surface area contributed by atoms with Crippen LogP contribution in [0.4, 0.5) is 11.4 Å². The van der Waals surface area contributed by atoms with Gasteiger partial charge >= 0.3 is 0 Å². The Labute approximate surface area is 193 Å². The van der Waals surface area contributed by atoms with Gasteiger partial charge < -0.3 is 30.3 Å². The van der Waals surface area contributed by atoms with Crippen molar-refractivity contribution in [3.05, 3.63) is 48.0 Å². The highest BCUT2D eigenvalue weighted by Crippen LogP contribution is 2.45. The first-order valence-corrected chi connectivity index (χ1v) is 12.0. The lowest BCUT2D eigenvalue weighted by atomic mass is 9.87. The summed E-state index contributed by atoms with van der Waals surface area (Å²) in [5.74, 6) is 2.11. The summed E-state index contributed by atoms with van der Waals surface area (Å²) in [6.45, 7) is 3.08. The highest BCUT2D eigenvalue weighted by Gasteiger charge is 2.48. The van der Waals surface area contributed by atoms with Gasteiger partial charge in [-0.1, -0.05) is 6.07 Å². The van der Waals surface area contributed by atoms with Crippen LogP contribution < -0.4 is 25.4 Å². The van der Waals surface area contributed by atoms with Gasteiger partial charge in [0.15, 0.2) is 0 Å². The van der Waals surface area contributed by atoms with E-state index >= 15 is 0 Å². The zero-order chi connectivity index (χ0) is 22.2. The molecule has 3 heterocycles. The molecule has 0 spiro atoms. The summed E-state index contributed by atoms with van der Waals surface area (Å²) in [5, 5.41) is 3.55. The normalized spacial score (nSPS) is 26.7. The molecule has 1 amide bonds. The number of methoxy groups -OCH3 is 2. The van der Waals surface area contributed by atoms with Gasteiger partial charge in [0.05, 0.1) is 19.6 Å². The Balaban J connectivity index is 1.21. The van der Waals surface area contributed by atoms with Gasteiger partial charge in [-0.2, -0.15) is 0 Å². The van der Waals surface area contributed by atoms with Crippen molar-refractivity contribution >= 4 is 29.0 Å². The SMILES string of the molecule is COc1ccc(N2CCN(C(=O)C3SC4Nc5cc(OC)ccc5CC4C3N)CC2)cc1. The van der Waals surface area contributed by atoms with Crippen LogP contribution in [-0.2, 0) is 11.2 Å². The Hall–Kier alpha value is -2.58. The van der Waals surface area contributed by atoms with Crippen LogP contribution in [0.15, 0.2) is 42.5 Å².